The summed E-state index contributed by atoms with van der Waals surface area (Å²) in [6.07, 6.45) is 1.53. The number of anilines is 2. The number of rotatable bonds is 6. The zero-order chi connectivity index (χ0) is 24.0. The summed E-state index contributed by atoms with van der Waals surface area (Å²) in [6, 6.07) is 13.7. The van der Waals surface area contributed by atoms with E-state index in [9.17, 15) is 4.39 Å². The van der Waals surface area contributed by atoms with Gasteiger partial charge in [-0.2, -0.15) is 0 Å². The quantitative estimate of drug-likeness (QED) is 0.347. The van der Waals surface area contributed by atoms with Gasteiger partial charge in [0.15, 0.2) is 0 Å². The fourth-order valence-corrected chi connectivity index (χ4v) is 4.74. The van der Waals surface area contributed by atoms with Crippen LogP contribution in [0, 0.1) is 17.7 Å². The molecule has 1 aliphatic heterocycles. The summed E-state index contributed by atoms with van der Waals surface area (Å²) in [4.78, 5) is 12.9. The average molecular weight is 509 g/mol. The second-order valence-corrected chi connectivity index (χ2v) is 9.37. The molecule has 178 valence electrons. The number of ether oxygens (including phenoxy) is 2. The fourth-order valence-electron chi connectivity index (χ4n) is 3.63. The molecule has 0 spiro atoms. The summed E-state index contributed by atoms with van der Waals surface area (Å²) in [5.74, 6) is 7.40. The fraction of sp³-hybridized carbons (Fsp3) is 0.231. The molecule has 1 saturated heterocycles. The molecule has 4 aromatic rings. The maximum atomic E-state index is 13.4. The molecule has 1 fully saturated rings. The minimum Gasteiger partial charge on any atom is -0.487 e. The maximum Gasteiger partial charge on any atom is 0.142 e. The number of hydrogen-bond acceptors (Lipinski definition) is 7. The van der Waals surface area contributed by atoms with Crippen molar-refractivity contribution in [3.63, 3.8) is 0 Å². The van der Waals surface area contributed by atoms with E-state index in [2.05, 4.69) is 32.0 Å². The van der Waals surface area contributed by atoms with Crippen molar-refractivity contribution in [1.82, 2.24) is 14.9 Å². The third kappa shape index (κ3) is 6.08. The van der Waals surface area contributed by atoms with Crippen LogP contribution in [0.1, 0.15) is 10.4 Å². The molecule has 1 aliphatic rings. The molecule has 9 heteroatoms. The Morgan fingerprint density at radius 2 is 2.03 bits per heavy atom. The Bertz CT molecular complexity index is 1400. The highest BCUT2D eigenvalue weighted by Crippen LogP contribution is 2.33. The second kappa shape index (κ2) is 11.0. The summed E-state index contributed by atoms with van der Waals surface area (Å²) < 4.78 is 24.5. The highest BCUT2D eigenvalue weighted by molar-refractivity contribution is 7.19. The van der Waals surface area contributed by atoms with Gasteiger partial charge in [-0.15, -0.1) is 11.3 Å². The molecule has 0 unspecified atom stereocenters. The van der Waals surface area contributed by atoms with Crippen LogP contribution < -0.4 is 10.1 Å². The van der Waals surface area contributed by atoms with Crippen LogP contribution in [0.15, 0.2) is 54.9 Å². The molecule has 0 amide bonds. The summed E-state index contributed by atoms with van der Waals surface area (Å²) in [6.45, 7) is 4.30. The normalized spacial score (nSPS) is 13.9. The van der Waals surface area contributed by atoms with Crippen molar-refractivity contribution in [1.29, 1.82) is 0 Å². The van der Waals surface area contributed by atoms with Crippen LogP contribution in [-0.2, 0) is 11.3 Å². The van der Waals surface area contributed by atoms with Crippen LogP contribution in [0.25, 0.3) is 10.2 Å². The van der Waals surface area contributed by atoms with Crippen molar-refractivity contribution in [3.8, 4) is 17.6 Å². The average Bonchev–Trinajstić information content (AvgIpc) is 3.28. The van der Waals surface area contributed by atoms with Gasteiger partial charge in [0.05, 0.1) is 35.0 Å². The number of fused-ring (bicyclic) bond motifs is 1. The van der Waals surface area contributed by atoms with Gasteiger partial charge in [-0.05, 0) is 42.0 Å². The zero-order valence-electron chi connectivity index (χ0n) is 18.8. The molecule has 0 atom stereocenters. The highest BCUT2D eigenvalue weighted by Gasteiger charge is 2.11. The summed E-state index contributed by atoms with van der Waals surface area (Å²) in [5, 5.41) is 4.65. The molecule has 0 bridgehead atoms. The van der Waals surface area contributed by atoms with E-state index in [1.54, 1.807) is 24.3 Å². The Morgan fingerprint density at radius 3 is 2.86 bits per heavy atom. The van der Waals surface area contributed by atoms with Gasteiger partial charge in [-0.25, -0.2) is 14.4 Å². The number of nitrogens with one attached hydrogen (secondary N) is 1. The first-order chi connectivity index (χ1) is 17.1. The predicted molar refractivity (Wildman–Crippen MR) is 137 cm³/mol. The third-order valence-corrected chi connectivity index (χ3v) is 6.68. The zero-order valence-corrected chi connectivity index (χ0v) is 20.3. The second-order valence-electron chi connectivity index (χ2n) is 7.93. The molecule has 35 heavy (non-hydrogen) atoms. The highest BCUT2D eigenvalue weighted by atomic mass is 35.5. The number of aromatic nitrogens is 2. The monoisotopic (exact) mass is 508 g/mol. The van der Waals surface area contributed by atoms with Crippen molar-refractivity contribution in [2.45, 2.75) is 6.61 Å². The molecule has 0 radical (unpaired) electrons. The molecule has 5 rings (SSSR count). The van der Waals surface area contributed by atoms with Gasteiger partial charge in [0.1, 0.15) is 35.1 Å². The first-order valence-electron chi connectivity index (χ1n) is 11.1. The lowest BCUT2D eigenvalue weighted by Crippen LogP contribution is -2.36. The van der Waals surface area contributed by atoms with Gasteiger partial charge in [0, 0.05) is 18.8 Å². The lowest BCUT2D eigenvalue weighted by molar-refractivity contribution is 0.0443. The number of hydrogen-bond donors (Lipinski definition) is 1. The first-order valence-corrected chi connectivity index (χ1v) is 12.3. The molecular formula is C26H22ClFN4O2S. The van der Waals surface area contributed by atoms with E-state index in [4.69, 9.17) is 21.1 Å². The topological polar surface area (TPSA) is 59.5 Å². The molecule has 1 N–H and O–H groups in total. The third-order valence-electron chi connectivity index (χ3n) is 5.43. The van der Waals surface area contributed by atoms with Gasteiger partial charge >= 0.3 is 0 Å². The number of benzene rings is 2. The largest absolute Gasteiger partial charge is 0.487 e. The van der Waals surface area contributed by atoms with Crippen LogP contribution in [0.2, 0.25) is 5.02 Å². The molecule has 2 aromatic heterocycles. The SMILES string of the molecule is Fc1cccc(COc2ccc(Nc3ncnc4sc(C#CCN5CCOCC5)cc34)cc2Cl)c1. The van der Waals surface area contributed by atoms with Crippen molar-refractivity contribution in [3.05, 3.63) is 76.1 Å². The van der Waals surface area contributed by atoms with Crippen molar-refractivity contribution in [2.75, 3.05) is 38.2 Å². The van der Waals surface area contributed by atoms with E-state index in [0.29, 0.717) is 16.6 Å². The van der Waals surface area contributed by atoms with E-state index in [1.165, 1.54) is 29.8 Å². The van der Waals surface area contributed by atoms with Crippen LogP contribution in [0.5, 0.6) is 5.75 Å². The molecule has 6 nitrogen and oxygen atoms in total. The maximum absolute atomic E-state index is 13.4. The van der Waals surface area contributed by atoms with Gasteiger partial charge < -0.3 is 14.8 Å². The van der Waals surface area contributed by atoms with Crippen molar-refractivity contribution >= 4 is 44.7 Å². The lowest BCUT2D eigenvalue weighted by atomic mass is 10.2. The van der Waals surface area contributed by atoms with E-state index in [0.717, 1.165) is 59.2 Å². The first kappa shape index (κ1) is 23.5. The Labute approximate surface area is 211 Å². The van der Waals surface area contributed by atoms with Crippen LogP contribution in [-0.4, -0.2) is 47.7 Å². The molecule has 2 aromatic carbocycles. The predicted octanol–water partition coefficient (Wildman–Crippen LogP) is 5.49. The lowest BCUT2D eigenvalue weighted by Gasteiger charge is -2.24. The molecular weight excluding hydrogens is 487 g/mol. The Kier molecular flexibility index (Phi) is 7.40. The van der Waals surface area contributed by atoms with Crippen LogP contribution >= 0.6 is 22.9 Å². The van der Waals surface area contributed by atoms with E-state index < -0.39 is 0 Å². The van der Waals surface area contributed by atoms with Gasteiger partial charge in [0.25, 0.3) is 0 Å². The smallest absolute Gasteiger partial charge is 0.142 e. The van der Waals surface area contributed by atoms with Crippen LogP contribution in [0.4, 0.5) is 15.9 Å². The molecule has 0 aliphatic carbocycles. The van der Waals surface area contributed by atoms with Gasteiger partial charge in [0.2, 0.25) is 0 Å². The van der Waals surface area contributed by atoms with Gasteiger partial charge in [-0.1, -0.05) is 35.6 Å². The summed E-state index contributed by atoms with van der Waals surface area (Å²) in [7, 11) is 0. The number of morpholine rings is 1. The number of thiophene rings is 1. The minimum atomic E-state index is -0.299. The van der Waals surface area contributed by atoms with Crippen LogP contribution in [0.3, 0.4) is 0 Å². The minimum absolute atomic E-state index is 0.223. The Hall–Kier alpha value is -3.22. The van der Waals surface area contributed by atoms with E-state index in [1.807, 2.05) is 12.1 Å². The number of halogens is 2. The Morgan fingerprint density at radius 1 is 1.14 bits per heavy atom. The van der Waals surface area contributed by atoms with Crippen molar-refractivity contribution < 1.29 is 13.9 Å². The Balaban J connectivity index is 1.27. The molecule has 3 heterocycles. The molecule has 0 saturated carbocycles. The summed E-state index contributed by atoms with van der Waals surface area (Å²) >= 11 is 7.98. The van der Waals surface area contributed by atoms with Gasteiger partial charge in [-0.3, -0.25) is 4.90 Å². The van der Waals surface area contributed by atoms with Crippen molar-refractivity contribution in [2.24, 2.45) is 0 Å². The standard InChI is InChI=1S/C26H22ClFN4O2S/c27-23-14-20(6-7-24(23)34-16-18-3-1-4-19(28)13-18)31-25-22-15-21(35-26(22)30-17-29-25)5-2-8-32-9-11-33-12-10-32/h1,3-4,6-7,13-15,17H,8-12,16H2,(H,29,30,31). The van der Waals surface area contributed by atoms with E-state index >= 15 is 0 Å². The summed E-state index contributed by atoms with van der Waals surface area (Å²) in [5.41, 5.74) is 1.49. The number of nitrogens with zero attached hydrogens (tertiary/aromatic N) is 3. The van der Waals surface area contributed by atoms with E-state index in [-0.39, 0.29) is 12.4 Å².